The fourth-order valence-electron chi connectivity index (χ4n) is 2.33. The van der Waals surface area contributed by atoms with Crippen LogP contribution >= 0.6 is 0 Å². The third-order valence-electron chi connectivity index (χ3n) is 3.66. The Bertz CT molecular complexity index is 743. The average Bonchev–Trinajstić information content (AvgIpc) is 2.58. The van der Waals surface area contributed by atoms with E-state index >= 15 is 0 Å². The summed E-state index contributed by atoms with van der Waals surface area (Å²) in [6.07, 6.45) is 6.47. The number of carbonyl (C=O) groups excluding carboxylic acids is 1. The van der Waals surface area contributed by atoms with Gasteiger partial charge in [-0.15, -0.1) is 0 Å². The van der Waals surface area contributed by atoms with Gasteiger partial charge in [0.25, 0.3) is 0 Å². The first-order valence-electron chi connectivity index (χ1n) is 8.49. The van der Waals surface area contributed by atoms with Crippen molar-refractivity contribution in [1.29, 1.82) is 0 Å². The maximum atomic E-state index is 12.1. The van der Waals surface area contributed by atoms with Crippen molar-refractivity contribution in [3.63, 3.8) is 0 Å². The normalized spacial score (nSPS) is 11.6. The van der Waals surface area contributed by atoms with E-state index in [2.05, 4.69) is 24.1 Å². The number of rotatable bonds is 4. The van der Waals surface area contributed by atoms with E-state index in [1.807, 2.05) is 63.4 Å². The molecule has 1 aromatic heterocycles. The standard InChI is InChI=1S/C21H26N2O2/c1-6-19-17(8-7-15-22-19)12-9-16-10-13-18(14-11-16)23(5)20(24)25-21(2,3)4/h7-15H,6H2,1-5H3. The molecule has 1 amide bonds. The first-order chi connectivity index (χ1) is 11.8. The molecule has 0 saturated heterocycles. The Morgan fingerprint density at radius 2 is 1.84 bits per heavy atom. The molecule has 0 radical (unpaired) electrons. The van der Waals surface area contributed by atoms with Gasteiger partial charge in [-0.2, -0.15) is 0 Å². The number of pyridine rings is 1. The van der Waals surface area contributed by atoms with E-state index < -0.39 is 5.60 Å². The zero-order valence-corrected chi connectivity index (χ0v) is 15.6. The molecule has 4 nitrogen and oxygen atoms in total. The van der Waals surface area contributed by atoms with Crippen molar-refractivity contribution in [1.82, 2.24) is 4.98 Å². The van der Waals surface area contributed by atoms with E-state index in [4.69, 9.17) is 4.74 Å². The zero-order valence-electron chi connectivity index (χ0n) is 15.6. The van der Waals surface area contributed by atoms with Crippen molar-refractivity contribution in [3.05, 3.63) is 59.4 Å². The molecule has 132 valence electrons. The maximum absolute atomic E-state index is 12.1. The van der Waals surface area contributed by atoms with Crippen molar-refractivity contribution in [2.24, 2.45) is 0 Å². The first kappa shape index (κ1) is 18.7. The Hall–Kier alpha value is -2.62. The van der Waals surface area contributed by atoms with Gasteiger partial charge in [-0.1, -0.05) is 37.3 Å². The fourth-order valence-corrected chi connectivity index (χ4v) is 2.33. The minimum Gasteiger partial charge on any atom is -0.443 e. The molecule has 0 spiro atoms. The smallest absolute Gasteiger partial charge is 0.414 e. The average molecular weight is 338 g/mol. The molecule has 2 rings (SSSR count). The number of anilines is 1. The van der Waals surface area contributed by atoms with Gasteiger partial charge < -0.3 is 4.74 Å². The Morgan fingerprint density at radius 3 is 2.44 bits per heavy atom. The molecule has 4 heteroatoms. The number of carbonyl (C=O) groups is 1. The molecule has 25 heavy (non-hydrogen) atoms. The lowest BCUT2D eigenvalue weighted by atomic mass is 10.1. The summed E-state index contributed by atoms with van der Waals surface area (Å²) < 4.78 is 5.38. The number of benzene rings is 1. The van der Waals surface area contributed by atoms with Gasteiger partial charge in [0.2, 0.25) is 0 Å². The predicted molar refractivity (Wildman–Crippen MR) is 104 cm³/mol. The van der Waals surface area contributed by atoms with E-state index in [0.29, 0.717) is 0 Å². The third-order valence-corrected chi connectivity index (χ3v) is 3.66. The number of hydrogen-bond acceptors (Lipinski definition) is 3. The Morgan fingerprint density at radius 1 is 1.16 bits per heavy atom. The molecule has 0 atom stereocenters. The Kier molecular flexibility index (Phi) is 5.97. The highest BCUT2D eigenvalue weighted by Gasteiger charge is 2.20. The van der Waals surface area contributed by atoms with Crippen LogP contribution < -0.4 is 4.90 Å². The maximum Gasteiger partial charge on any atom is 0.414 e. The molecule has 0 aliphatic heterocycles. The van der Waals surface area contributed by atoms with E-state index in [0.717, 1.165) is 28.9 Å². The summed E-state index contributed by atoms with van der Waals surface area (Å²) in [5.74, 6) is 0. The van der Waals surface area contributed by atoms with E-state index in [1.165, 1.54) is 4.90 Å². The quantitative estimate of drug-likeness (QED) is 0.771. The van der Waals surface area contributed by atoms with Crippen LogP contribution in [-0.4, -0.2) is 23.7 Å². The van der Waals surface area contributed by atoms with E-state index in [-0.39, 0.29) is 6.09 Å². The van der Waals surface area contributed by atoms with Crippen molar-refractivity contribution >= 4 is 23.9 Å². The highest BCUT2D eigenvalue weighted by Crippen LogP contribution is 2.19. The SMILES string of the molecule is CCc1ncccc1C=Cc1ccc(N(C)C(=O)OC(C)(C)C)cc1. The molecule has 0 bridgehead atoms. The minimum absolute atomic E-state index is 0.362. The summed E-state index contributed by atoms with van der Waals surface area (Å²) in [6, 6.07) is 11.8. The van der Waals surface area contributed by atoms with Crippen LogP contribution in [0.1, 0.15) is 44.5 Å². The Labute approximate surface area is 150 Å². The van der Waals surface area contributed by atoms with Gasteiger partial charge in [-0.25, -0.2) is 4.79 Å². The number of amides is 1. The molecular formula is C21H26N2O2. The van der Waals surface area contributed by atoms with Gasteiger partial charge in [0.1, 0.15) is 5.60 Å². The fraction of sp³-hybridized carbons (Fsp3) is 0.333. The van der Waals surface area contributed by atoms with Crippen LogP contribution in [0.2, 0.25) is 0 Å². The van der Waals surface area contributed by atoms with Crippen molar-refractivity contribution in [3.8, 4) is 0 Å². The largest absolute Gasteiger partial charge is 0.443 e. The van der Waals surface area contributed by atoms with Gasteiger partial charge in [0.05, 0.1) is 0 Å². The van der Waals surface area contributed by atoms with Gasteiger partial charge in [-0.3, -0.25) is 9.88 Å². The minimum atomic E-state index is -0.505. The highest BCUT2D eigenvalue weighted by molar-refractivity contribution is 5.87. The molecule has 2 aromatic rings. The number of aryl methyl sites for hydroxylation is 1. The second kappa shape index (κ2) is 7.97. The van der Waals surface area contributed by atoms with Crippen LogP contribution in [0.5, 0.6) is 0 Å². The molecule has 0 unspecified atom stereocenters. The monoisotopic (exact) mass is 338 g/mol. The summed E-state index contributed by atoms with van der Waals surface area (Å²) in [7, 11) is 1.71. The summed E-state index contributed by atoms with van der Waals surface area (Å²) >= 11 is 0. The van der Waals surface area contributed by atoms with Crippen LogP contribution in [0, 0.1) is 0 Å². The summed E-state index contributed by atoms with van der Waals surface area (Å²) in [4.78, 5) is 18.0. The molecular weight excluding hydrogens is 312 g/mol. The number of aromatic nitrogens is 1. The van der Waals surface area contributed by atoms with Crippen molar-refractivity contribution in [2.45, 2.75) is 39.7 Å². The van der Waals surface area contributed by atoms with Crippen LogP contribution in [0.15, 0.2) is 42.6 Å². The molecule has 0 saturated carbocycles. The molecule has 0 aliphatic carbocycles. The molecule has 0 N–H and O–H groups in total. The Balaban J connectivity index is 2.09. The van der Waals surface area contributed by atoms with Gasteiger partial charge in [0.15, 0.2) is 0 Å². The molecule has 1 aromatic carbocycles. The number of nitrogens with zero attached hydrogens (tertiary/aromatic N) is 2. The molecule has 1 heterocycles. The van der Waals surface area contributed by atoms with Gasteiger partial charge >= 0.3 is 6.09 Å². The van der Waals surface area contributed by atoms with Crippen molar-refractivity contribution in [2.75, 3.05) is 11.9 Å². The molecule has 0 fully saturated rings. The summed E-state index contributed by atoms with van der Waals surface area (Å²) in [5, 5.41) is 0. The summed E-state index contributed by atoms with van der Waals surface area (Å²) in [5.41, 5.74) is 3.56. The predicted octanol–water partition coefficient (Wildman–Crippen LogP) is 5.19. The second-order valence-corrected chi connectivity index (χ2v) is 6.86. The van der Waals surface area contributed by atoms with Gasteiger partial charge in [-0.05, 0) is 56.5 Å². The van der Waals surface area contributed by atoms with Crippen LogP contribution in [0.25, 0.3) is 12.2 Å². The summed E-state index contributed by atoms with van der Waals surface area (Å²) in [6.45, 7) is 7.67. The lowest BCUT2D eigenvalue weighted by Gasteiger charge is -2.24. The van der Waals surface area contributed by atoms with Crippen LogP contribution in [-0.2, 0) is 11.2 Å². The lowest BCUT2D eigenvalue weighted by molar-refractivity contribution is 0.0589. The van der Waals surface area contributed by atoms with Crippen molar-refractivity contribution < 1.29 is 9.53 Å². The lowest BCUT2D eigenvalue weighted by Crippen LogP contribution is -2.34. The van der Waals surface area contributed by atoms with E-state index in [9.17, 15) is 4.79 Å². The van der Waals surface area contributed by atoms with Crippen LogP contribution in [0.3, 0.4) is 0 Å². The number of ether oxygens (including phenoxy) is 1. The first-order valence-corrected chi connectivity index (χ1v) is 8.49. The zero-order chi connectivity index (χ0) is 18.4. The second-order valence-electron chi connectivity index (χ2n) is 6.86. The van der Waals surface area contributed by atoms with E-state index in [1.54, 1.807) is 7.05 Å². The topological polar surface area (TPSA) is 42.4 Å². The van der Waals surface area contributed by atoms with Crippen LogP contribution in [0.4, 0.5) is 10.5 Å². The highest BCUT2D eigenvalue weighted by atomic mass is 16.6. The van der Waals surface area contributed by atoms with Gasteiger partial charge in [0, 0.05) is 24.6 Å². The number of hydrogen-bond donors (Lipinski definition) is 0. The third kappa shape index (κ3) is 5.45. The molecule has 0 aliphatic rings.